The van der Waals surface area contributed by atoms with Crippen LogP contribution in [0.2, 0.25) is 10.0 Å². The van der Waals surface area contributed by atoms with E-state index in [4.69, 9.17) is 23.2 Å². The van der Waals surface area contributed by atoms with Crippen molar-refractivity contribution in [2.45, 2.75) is 0 Å². The Kier molecular flexibility index (Phi) is 2.53. The minimum atomic E-state index is -0.267. The molecule has 3 heterocycles. The van der Waals surface area contributed by atoms with E-state index < -0.39 is 0 Å². The first-order valence-electron chi connectivity index (χ1n) is 4.89. The quantitative estimate of drug-likeness (QED) is 0.738. The Morgan fingerprint density at radius 1 is 1.22 bits per heavy atom. The third-order valence-electron chi connectivity index (χ3n) is 2.36. The van der Waals surface area contributed by atoms with Gasteiger partial charge in [-0.3, -0.25) is 4.79 Å². The molecule has 0 unspecified atom stereocenters. The molecule has 18 heavy (non-hydrogen) atoms. The Bertz CT molecular complexity index is 794. The molecule has 0 atom stereocenters. The molecule has 0 fully saturated rings. The second-order valence-electron chi connectivity index (χ2n) is 3.48. The van der Waals surface area contributed by atoms with Crippen molar-refractivity contribution in [1.29, 1.82) is 0 Å². The SMILES string of the molecule is O=c1[nH]cnc2c1cnn2-c1ncc(Cl)cc1Cl. The summed E-state index contributed by atoms with van der Waals surface area (Å²) in [4.78, 5) is 22.1. The second kappa shape index (κ2) is 4.08. The lowest BCUT2D eigenvalue weighted by atomic mass is 10.4. The standard InChI is InChI=1S/C10H5Cl2N5O/c11-5-1-7(12)9(13-2-5)17-8-6(3-16-17)10(18)15-4-14-8/h1-4H,(H,14,15,18). The molecule has 0 aliphatic carbocycles. The summed E-state index contributed by atoms with van der Waals surface area (Å²) in [5.74, 6) is 0.370. The second-order valence-corrected chi connectivity index (χ2v) is 4.33. The van der Waals surface area contributed by atoms with Gasteiger partial charge in [-0.05, 0) is 6.07 Å². The van der Waals surface area contributed by atoms with Crippen LogP contribution in [0.3, 0.4) is 0 Å². The smallest absolute Gasteiger partial charge is 0.261 e. The highest BCUT2D eigenvalue weighted by molar-refractivity contribution is 6.35. The Labute approximate surface area is 110 Å². The summed E-state index contributed by atoms with van der Waals surface area (Å²) < 4.78 is 1.39. The van der Waals surface area contributed by atoms with E-state index in [0.717, 1.165) is 0 Å². The van der Waals surface area contributed by atoms with Gasteiger partial charge in [0.25, 0.3) is 5.56 Å². The van der Waals surface area contributed by atoms with Crippen LogP contribution in [0.15, 0.2) is 29.6 Å². The topological polar surface area (TPSA) is 76.5 Å². The molecule has 0 spiro atoms. The normalized spacial score (nSPS) is 11.0. The van der Waals surface area contributed by atoms with Crippen LogP contribution < -0.4 is 5.56 Å². The fourth-order valence-corrected chi connectivity index (χ4v) is 2.03. The van der Waals surface area contributed by atoms with Crippen LogP contribution in [-0.4, -0.2) is 24.7 Å². The first kappa shape index (κ1) is 11.2. The molecule has 0 aromatic carbocycles. The molecule has 6 nitrogen and oxygen atoms in total. The van der Waals surface area contributed by atoms with Crippen molar-refractivity contribution in [1.82, 2.24) is 24.7 Å². The minimum Gasteiger partial charge on any atom is -0.312 e. The highest BCUT2D eigenvalue weighted by atomic mass is 35.5. The molecule has 8 heteroatoms. The number of nitrogens with one attached hydrogen (secondary N) is 1. The van der Waals surface area contributed by atoms with Gasteiger partial charge in [-0.25, -0.2) is 9.97 Å². The zero-order valence-electron chi connectivity index (χ0n) is 8.76. The van der Waals surface area contributed by atoms with Gasteiger partial charge >= 0.3 is 0 Å². The molecule has 0 aliphatic heterocycles. The zero-order valence-corrected chi connectivity index (χ0v) is 10.3. The van der Waals surface area contributed by atoms with E-state index in [1.807, 2.05) is 0 Å². The minimum absolute atomic E-state index is 0.267. The Balaban J connectivity index is 2.32. The van der Waals surface area contributed by atoms with Crippen molar-refractivity contribution in [2.24, 2.45) is 0 Å². The number of aromatic amines is 1. The lowest BCUT2D eigenvalue weighted by Crippen LogP contribution is -2.07. The summed E-state index contributed by atoms with van der Waals surface area (Å²) >= 11 is 11.8. The van der Waals surface area contributed by atoms with Gasteiger partial charge in [-0.2, -0.15) is 9.78 Å². The van der Waals surface area contributed by atoms with Crippen LogP contribution in [0.4, 0.5) is 0 Å². The lowest BCUT2D eigenvalue weighted by molar-refractivity contribution is 0.861. The lowest BCUT2D eigenvalue weighted by Gasteiger charge is -2.03. The van der Waals surface area contributed by atoms with Crippen LogP contribution >= 0.6 is 23.2 Å². The number of H-pyrrole nitrogens is 1. The highest BCUT2D eigenvalue weighted by Crippen LogP contribution is 2.22. The summed E-state index contributed by atoms with van der Waals surface area (Å²) in [7, 11) is 0. The third kappa shape index (κ3) is 1.66. The number of rotatable bonds is 1. The molecule has 90 valence electrons. The predicted molar refractivity (Wildman–Crippen MR) is 67.3 cm³/mol. The molecule has 0 aliphatic rings. The fraction of sp³-hybridized carbons (Fsp3) is 0. The van der Waals surface area contributed by atoms with Crippen LogP contribution in [0, 0.1) is 0 Å². The molecule has 3 aromatic rings. The van der Waals surface area contributed by atoms with E-state index in [2.05, 4.69) is 20.1 Å². The summed E-state index contributed by atoms with van der Waals surface area (Å²) in [6, 6.07) is 1.55. The molecular formula is C10H5Cl2N5O. The average Bonchev–Trinajstić information content (AvgIpc) is 2.74. The van der Waals surface area contributed by atoms with E-state index in [0.29, 0.717) is 26.9 Å². The average molecular weight is 282 g/mol. The van der Waals surface area contributed by atoms with Gasteiger partial charge in [-0.15, -0.1) is 0 Å². The summed E-state index contributed by atoms with van der Waals surface area (Å²) in [6.45, 7) is 0. The summed E-state index contributed by atoms with van der Waals surface area (Å²) in [5.41, 5.74) is 0.117. The monoisotopic (exact) mass is 281 g/mol. The maximum atomic E-state index is 11.5. The van der Waals surface area contributed by atoms with E-state index in [1.54, 1.807) is 6.07 Å². The van der Waals surface area contributed by atoms with Gasteiger partial charge in [-0.1, -0.05) is 23.2 Å². The van der Waals surface area contributed by atoms with Crippen LogP contribution in [0.1, 0.15) is 0 Å². The first-order chi connectivity index (χ1) is 8.66. The Morgan fingerprint density at radius 2 is 2.06 bits per heavy atom. The number of halogens is 2. The van der Waals surface area contributed by atoms with Crippen molar-refractivity contribution in [3.63, 3.8) is 0 Å². The number of fused-ring (bicyclic) bond motifs is 1. The molecule has 3 aromatic heterocycles. The molecule has 3 rings (SSSR count). The Morgan fingerprint density at radius 3 is 2.83 bits per heavy atom. The van der Waals surface area contributed by atoms with E-state index in [9.17, 15) is 4.79 Å². The van der Waals surface area contributed by atoms with Gasteiger partial charge in [0, 0.05) is 6.20 Å². The Hall–Kier alpha value is -1.92. The molecule has 1 N–H and O–H groups in total. The van der Waals surface area contributed by atoms with Crippen LogP contribution in [-0.2, 0) is 0 Å². The molecule has 0 radical (unpaired) electrons. The maximum Gasteiger partial charge on any atom is 0.261 e. The van der Waals surface area contributed by atoms with Crippen molar-refractivity contribution in [2.75, 3.05) is 0 Å². The van der Waals surface area contributed by atoms with E-state index in [1.165, 1.54) is 23.4 Å². The van der Waals surface area contributed by atoms with Crippen molar-refractivity contribution >= 4 is 34.2 Å². The molecule has 0 saturated carbocycles. The largest absolute Gasteiger partial charge is 0.312 e. The van der Waals surface area contributed by atoms with E-state index in [-0.39, 0.29) is 5.56 Å². The predicted octanol–water partition coefficient (Wildman–Crippen LogP) is 1.81. The number of nitrogens with zero attached hydrogens (tertiary/aromatic N) is 4. The fourth-order valence-electron chi connectivity index (χ4n) is 1.57. The summed E-state index contributed by atoms with van der Waals surface area (Å²) in [5, 5.41) is 5.18. The van der Waals surface area contributed by atoms with Gasteiger partial charge in [0.15, 0.2) is 11.5 Å². The first-order valence-corrected chi connectivity index (χ1v) is 5.65. The van der Waals surface area contributed by atoms with Crippen LogP contribution in [0.5, 0.6) is 0 Å². The summed E-state index contributed by atoms with van der Waals surface area (Å²) in [6.07, 6.45) is 4.16. The van der Waals surface area contributed by atoms with Crippen molar-refractivity contribution < 1.29 is 0 Å². The van der Waals surface area contributed by atoms with Gasteiger partial charge < -0.3 is 4.98 Å². The van der Waals surface area contributed by atoms with Gasteiger partial charge in [0.2, 0.25) is 0 Å². The maximum absolute atomic E-state index is 11.5. The third-order valence-corrected chi connectivity index (χ3v) is 2.84. The molecule has 0 saturated heterocycles. The number of hydrogen-bond acceptors (Lipinski definition) is 4. The number of aromatic nitrogens is 5. The van der Waals surface area contributed by atoms with Gasteiger partial charge in [0.05, 0.1) is 22.6 Å². The highest BCUT2D eigenvalue weighted by Gasteiger charge is 2.12. The van der Waals surface area contributed by atoms with Crippen molar-refractivity contribution in [3.8, 4) is 5.82 Å². The molecule has 0 amide bonds. The molecule has 0 bridgehead atoms. The number of hydrogen-bond donors (Lipinski definition) is 1. The van der Waals surface area contributed by atoms with Crippen molar-refractivity contribution in [3.05, 3.63) is 45.2 Å². The zero-order chi connectivity index (χ0) is 12.7. The van der Waals surface area contributed by atoms with Crippen LogP contribution in [0.25, 0.3) is 16.9 Å². The number of pyridine rings is 1. The van der Waals surface area contributed by atoms with Gasteiger partial charge in [0.1, 0.15) is 5.39 Å². The molecular weight excluding hydrogens is 277 g/mol. The van der Waals surface area contributed by atoms with E-state index >= 15 is 0 Å².